The van der Waals surface area contributed by atoms with Gasteiger partial charge in [0.2, 0.25) is 0 Å². The van der Waals surface area contributed by atoms with E-state index in [1.54, 1.807) is 13.8 Å². The van der Waals surface area contributed by atoms with Gasteiger partial charge in [0.05, 0.1) is 88.2 Å². The van der Waals surface area contributed by atoms with Gasteiger partial charge in [0.25, 0.3) is 0 Å². The Kier molecular flexibility index (Phi) is 19.1. The summed E-state index contributed by atoms with van der Waals surface area (Å²) in [6.07, 6.45) is -17.3. The summed E-state index contributed by atoms with van der Waals surface area (Å²) in [5, 5.41) is 126. The van der Waals surface area contributed by atoms with Gasteiger partial charge in [-0.05, 0) is 111 Å². The lowest BCUT2D eigenvalue weighted by atomic mass is 10.1. The second kappa shape index (κ2) is 35.1. The van der Waals surface area contributed by atoms with Crippen molar-refractivity contribution in [2.24, 2.45) is 0 Å². The monoisotopic (exact) mass is 1570 g/mol. The van der Waals surface area contributed by atoms with Crippen LogP contribution in [0.15, 0.2) is 70.1 Å². The van der Waals surface area contributed by atoms with E-state index in [4.69, 9.17) is 38.9 Å². The lowest BCUT2D eigenvalue weighted by molar-refractivity contribution is -0.0629. The van der Waals surface area contributed by atoms with Crippen molar-refractivity contribution in [1.82, 2.24) is 74.9 Å². The number of fused-ring (bicyclic) bond motifs is 3. The number of hydrogen-bond donors (Lipinski definition) is 12. The van der Waals surface area contributed by atoms with Crippen molar-refractivity contribution in [2.75, 3.05) is 72.7 Å². The molecule has 0 bridgehead atoms. The Morgan fingerprint density at radius 3 is 1.19 bits per heavy atom. The van der Waals surface area contributed by atoms with Crippen molar-refractivity contribution < 1.29 is 98.0 Å². The van der Waals surface area contributed by atoms with Gasteiger partial charge in [0, 0.05) is 84.6 Å². The smallest absolute Gasteiger partial charge is 0.191 e. The first-order chi connectivity index (χ1) is 58.7. The average Bonchev–Trinajstić information content (AvgIpc) is 1.48. The zero-order chi connectivity index (χ0) is 92.4. The van der Waals surface area contributed by atoms with Gasteiger partial charge in [0.1, 0.15) is 54.1 Å². The van der Waals surface area contributed by atoms with Crippen LogP contribution in [0.1, 0.15) is 172 Å². The van der Waals surface area contributed by atoms with Gasteiger partial charge in [0.15, 0.2) is 66.4 Å². The number of nitrogens with zero attached hydrogens (tertiary/aromatic N) is 15. The van der Waals surface area contributed by atoms with Crippen LogP contribution in [0.25, 0.3) is 33.5 Å². The summed E-state index contributed by atoms with van der Waals surface area (Å²) >= 11 is 3.89. The number of aliphatic hydroxyl groups excluding tert-OH is 7. The molecule has 0 aliphatic heterocycles. The molecule has 6 aliphatic rings. The maximum Gasteiger partial charge on any atom is 0.191 e. The average molecular weight is 1570 g/mol. The number of rotatable bonds is 30. The highest BCUT2D eigenvalue weighted by Gasteiger charge is 2.49. The number of aliphatic hydroxyl groups is 9. The largest absolute Gasteiger partial charge is 0.394 e. The van der Waals surface area contributed by atoms with Gasteiger partial charge < -0.3 is 76.1 Å². The van der Waals surface area contributed by atoms with Gasteiger partial charge >= 0.3 is 0 Å². The number of hydrogen-bond acceptors (Lipinski definition) is 30. The first-order valence-corrected chi connectivity index (χ1v) is 37.7. The number of anilines is 3. The van der Waals surface area contributed by atoms with Crippen molar-refractivity contribution in [3.05, 3.63) is 105 Å². The van der Waals surface area contributed by atoms with Gasteiger partial charge in [-0.25, -0.2) is 57.1 Å². The molecule has 6 fully saturated rings. The van der Waals surface area contributed by atoms with E-state index in [9.17, 15) is 59.1 Å². The summed E-state index contributed by atoms with van der Waals surface area (Å²) < 4.78 is 209. The van der Waals surface area contributed by atoms with E-state index in [1.165, 1.54) is 98.7 Å². The third-order valence-electron chi connectivity index (χ3n) is 18.6. The molecule has 3 aromatic carbocycles. The summed E-state index contributed by atoms with van der Waals surface area (Å²) in [7, 11) is 0. The molecule has 6 heterocycles. The molecule has 30 nitrogen and oxygen atoms in total. The van der Waals surface area contributed by atoms with Crippen molar-refractivity contribution in [1.29, 1.82) is 0 Å². The third-order valence-corrected chi connectivity index (χ3v) is 21.7. The summed E-state index contributed by atoms with van der Waals surface area (Å²) in [5.74, 6) is -5.59. The molecule has 12 N–H and O–H groups in total. The molecular formula is C72H93F3N18O12S3. The molecule has 6 aliphatic carbocycles. The van der Waals surface area contributed by atoms with E-state index in [2.05, 4.69) is 76.8 Å². The van der Waals surface area contributed by atoms with Crippen LogP contribution < -0.4 is 16.0 Å². The Labute approximate surface area is 658 Å². The van der Waals surface area contributed by atoms with Gasteiger partial charge in [-0.3, -0.25) is 0 Å². The van der Waals surface area contributed by atoms with Crippen LogP contribution in [-0.4, -0.2) is 251 Å². The Bertz CT molecular complexity index is 5520. The molecule has 36 heteroatoms. The van der Waals surface area contributed by atoms with Crippen molar-refractivity contribution in [3.8, 4) is 0 Å². The van der Waals surface area contributed by atoms with E-state index in [1.807, 2.05) is 20.8 Å². The molecule has 0 unspecified atom stereocenters. The molecule has 0 radical (unpaired) electrons. The second-order valence-electron chi connectivity index (χ2n) is 26.1. The first kappa shape index (κ1) is 58.7. The van der Waals surface area contributed by atoms with E-state index < -0.39 is 185 Å². The predicted octanol–water partition coefficient (Wildman–Crippen LogP) is 6.55. The highest BCUT2D eigenvalue weighted by atomic mass is 32.2. The minimum absolute atomic E-state index is 0.000596. The molecular weight excluding hydrogens is 1460 g/mol. The molecule has 6 saturated carbocycles. The van der Waals surface area contributed by atoms with Crippen LogP contribution in [0.3, 0.4) is 0 Å². The van der Waals surface area contributed by atoms with Crippen molar-refractivity contribution in [3.63, 3.8) is 0 Å². The summed E-state index contributed by atoms with van der Waals surface area (Å²) in [5.41, 5.74) is 1.93. The van der Waals surface area contributed by atoms with Crippen LogP contribution in [0.4, 0.5) is 30.6 Å². The Morgan fingerprint density at radius 1 is 0.481 bits per heavy atom. The Balaban J connectivity index is 0.000000162. The van der Waals surface area contributed by atoms with Crippen LogP contribution >= 0.6 is 35.3 Å². The van der Waals surface area contributed by atoms with E-state index in [0.29, 0.717) is 39.1 Å². The van der Waals surface area contributed by atoms with E-state index >= 15 is 0 Å². The number of aryl methyl sites for hydroxylation is 3. The topological polar surface area (TPSA) is 415 Å². The Hall–Kier alpha value is -7.14. The number of nitrogens with one attached hydrogen (secondary N) is 3. The predicted molar refractivity (Wildman–Crippen MR) is 398 cm³/mol. The number of halogens is 3. The standard InChI is InChI=1S/3C24H31FN6O4S/c3*1-3-8-36-24-27-22(26-16-10-14(16)13-5-4-12(2)15(25)9-13)19-23(28-24)31(30-29-19)17-11-18(35-7-6-32)21(34)20(17)33/h3*4-5,9,14,16-18,20-21,32-34H,3,6-8,10-11H2,1-2H3,(H,26,27,28)/t3*14-,16+,17+,18-,20-,21+/m000/s1/i7D2,10D2,14D,16D;6D2,7D2,10D2,14D;6D2,10D2,14D. The molecule has 18 atom stereocenters. The molecule has 0 spiro atoms. The minimum atomic E-state index is -3.39. The lowest BCUT2D eigenvalue weighted by Crippen LogP contribution is -2.33. The zero-order valence-corrected chi connectivity index (χ0v) is 61.3. The van der Waals surface area contributed by atoms with Crippen LogP contribution in [-0.2, 0) is 14.2 Å². The Morgan fingerprint density at radius 2 is 0.843 bits per heavy atom. The number of thioether (sulfide) groups is 3. The van der Waals surface area contributed by atoms with Gasteiger partial charge in [-0.1, -0.05) is 108 Å². The maximum absolute atomic E-state index is 14.4. The van der Waals surface area contributed by atoms with Crippen molar-refractivity contribution in [2.45, 2.75) is 224 Å². The number of benzene rings is 3. The second-order valence-corrected chi connectivity index (χ2v) is 29.3. The normalized spacial score (nSPS) is 34.7. The number of ether oxygens (including phenoxy) is 3. The molecule has 9 aromatic rings. The fourth-order valence-corrected chi connectivity index (χ4v) is 14.7. The quantitative estimate of drug-likeness (QED) is 0.0168. The fraction of sp³-hybridized carbons (Fsp3) is 0.583. The number of aromatic nitrogens is 15. The van der Waals surface area contributed by atoms with Gasteiger partial charge in [-0.15, -0.1) is 15.3 Å². The summed E-state index contributed by atoms with van der Waals surface area (Å²) in [6, 6.07) is 4.78. The van der Waals surface area contributed by atoms with Crippen molar-refractivity contribution >= 4 is 86.2 Å². The highest BCUT2D eigenvalue weighted by molar-refractivity contribution is 7.99. The molecule has 108 heavy (non-hydrogen) atoms. The molecule has 0 saturated heterocycles. The van der Waals surface area contributed by atoms with E-state index in [-0.39, 0.29) is 97.2 Å². The molecule has 15 rings (SSSR count). The van der Waals surface area contributed by atoms with Gasteiger partial charge in [-0.2, -0.15) is 0 Å². The lowest BCUT2D eigenvalue weighted by Gasteiger charge is -2.17. The van der Waals surface area contributed by atoms with E-state index in [0.717, 1.165) is 31.4 Å². The summed E-state index contributed by atoms with van der Waals surface area (Å²) in [4.78, 5) is 27.0. The summed E-state index contributed by atoms with van der Waals surface area (Å²) in [6.45, 7) is -2.75. The van der Waals surface area contributed by atoms with Crippen LogP contribution in [0.5, 0.6) is 0 Å². The van der Waals surface area contributed by atoms with Crippen LogP contribution in [0, 0.1) is 38.2 Å². The molecule has 6 aromatic heterocycles. The highest BCUT2D eigenvalue weighted by Crippen LogP contribution is 2.48. The third kappa shape index (κ3) is 17.5. The first-order valence-electron chi connectivity index (χ1n) is 43.7. The minimum Gasteiger partial charge on any atom is -0.394 e. The zero-order valence-electron chi connectivity index (χ0n) is 76.9. The maximum atomic E-state index is 14.4. The SMILES string of the molecule is [2H]C([2H])(CO)O[C@H]1C[C@@H](n2nnc3c(N[C@]4([2H])C([2H])([2H])[C@@]4([2H])c4ccc(C)c(F)c4)nc(SCCC)nc32)[C@H](O)[C@@H]1O.[2H]C([2H])(O)C([2H])([2H])O[C@H]1C[C@@H](n2nnc3c(N[C@@H]4C([2H])([2H])[C@@]4([2H])c4ccc(C)c(F)c4)nc(SCCC)nc32)[C@H](O)[C@@H]1O.[2H]C([2H])(O)CO[C@H]1C[C@@H](n2nnc3c(N[C@@H]4C([2H])([2H])[C@@]4([2H])c4ccc(C)c(F)c4)nc(SCCC)nc32)[C@H](O)[C@@H]1O. The van der Waals surface area contributed by atoms with Crippen LogP contribution in [0.2, 0.25) is 0 Å². The fourth-order valence-electron chi connectivity index (χ4n) is 12.6. The molecule has 582 valence electrons. The molecule has 0 amide bonds.